The van der Waals surface area contributed by atoms with E-state index < -0.39 is 13.9 Å². The lowest BCUT2D eigenvalue weighted by molar-refractivity contribution is -0.147. The van der Waals surface area contributed by atoms with Crippen LogP contribution in [-0.4, -0.2) is 43.3 Å². The Morgan fingerprint density at radius 3 is 1.64 bits per heavy atom. The third-order valence-electron chi connectivity index (χ3n) is 8.31. The van der Waals surface area contributed by atoms with E-state index in [1.54, 1.807) is 6.26 Å². The number of carbonyl (C=O) groups is 1. The highest BCUT2D eigenvalue weighted by atomic mass is 31.2. The van der Waals surface area contributed by atoms with E-state index in [1.807, 2.05) is 6.08 Å². The number of rotatable bonds is 38. The highest BCUT2D eigenvalue weighted by Crippen LogP contribution is 2.43. The summed E-state index contributed by atoms with van der Waals surface area (Å²) in [7, 11) is -4.27. The predicted octanol–water partition coefficient (Wildman–Crippen LogP) is 12.0. The van der Waals surface area contributed by atoms with Crippen LogP contribution in [0.3, 0.4) is 0 Å². The molecule has 0 spiro atoms. The van der Waals surface area contributed by atoms with Crippen LogP contribution in [0.4, 0.5) is 0 Å². The van der Waals surface area contributed by atoms with Gasteiger partial charge in [-0.1, -0.05) is 127 Å². The van der Waals surface area contributed by atoms with Crippen LogP contribution in [-0.2, 0) is 27.9 Å². The fourth-order valence-corrected chi connectivity index (χ4v) is 6.00. The van der Waals surface area contributed by atoms with Gasteiger partial charge >= 0.3 is 13.8 Å². The van der Waals surface area contributed by atoms with Gasteiger partial charge < -0.3 is 20.1 Å². The third kappa shape index (κ3) is 37.6. The van der Waals surface area contributed by atoms with E-state index in [4.69, 9.17) is 24.3 Å². The van der Waals surface area contributed by atoms with Crippen molar-refractivity contribution in [2.45, 2.75) is 180 Å². The van der Waals surface area contributed by atoms with Gasteiger partial charge in [-0.3, -0.25) is 13.8 Å². The molecule has 0 amide bonds. The summed E-state index contributed by atoms with van der Waals surface area (Å²) in [6.45, 7) is 4.15. The van der Waals surface area contributed by atoms with Crippen molar-refractivity contribution in [3.63, 3.8) is 0 Å². The number of allylic oxidation sites excluding steroid dienone is 7. The minimum absolute atomic E-state index is 0.0767. The molecule has 0 radical (unpaired) electrons. The normalized spacial score (nSPS) is 14.0. The highest BCUT2D eigenvalue weighted by Gasteiger charge is 2.24. The maximum atomic E-state index is 12.4. The SMILES string of the molecule is CCCCCC=CCC=CCCCCCCCC(=O)OC[C@H](COP(=O)(O)OCCN)OC=CCCCCCCC=CCCCCCCCC. The van der Waals surface area contributed by atoms with E-state index in [-0.39, 0.29) is 32.3 Å². The summed E-state index contributed by atoms with van der Waals surface area (Å²) in [5.41, 5.74) is 5.35. The first-order valence-corrected chi connectivity index (χ1v) is 21.7. The zero-order valence-electron chi connectivity index (χ0n) is 32.1. The number of esters is 1. The van der Waals surface area contributed by atoms with E-state index in [0.29, 0.717) is 6.42 Å². The van der Waals surface area contributed by atoms with Gasteiger partial charge in [0.15, 0.2) is 6.10 Å². The summed E-state index contributed by atoms with van der Waals surface area (Å²) in [6.07, 6.45) is 45.1. The van der Waals surface area contributed by atoms with Gasteiger partial charge in [0.1, 0.15) is 6.61 Å². The van der Waals surface area contributed by atoms with Gasteiger partial charge in [-0.25, -0.2) is 4.57 Å². The van der Waals surface area contributed by atoms with Gasteiger partial charge in [0.2, 0.25) is 0 Å². The van der Waals surface area contributed by atoms with Crippen molar-refractivity contribution in [1.82, 2.24) is 0 Å². The Labute approximate surface area is 307 Å². The molecule has 8 nitrogen and oxygen atoms in total. The molecule has 292 valence electrons. The van der Waals surface area contributed by atoms with Crippen LogP contribution in [0.15, 0.2) is 48.8 Å². The second-order valence-corrected chi connectivity index (χ2v) is 14.7. The molecule has 50 heavy (non-hydrogen) atoms. The predicted molar refractivity (Wildman–Crippen MR) is 210 cm³/mol. The molecule has 3 N–H and O–H groups in total. The van der Waals surface area contributed by atoms with Gasteiger partial charge in [-0.05, 0) is 83.1 Å². The van der Waals surface area contributed by atoms with E-state index in [2.05, 4.69) is 50.3 Å². The number of ether oxygens (including phenoxy) is 2. The van der Waals surface area contributed by atoms with Crippen molar-refractivity contribution in [2.75, 3.05) is 26.4 Å². The van der Waals surface area contributed by atoms with Crippen LogP contribution in [0, 0.1) is 0 Å². The molecule has 9 heteroatoms. The van der Waals surface area contributed by atoms with E-state index in [9.17, 15) is 14.3 Å². The molecule has 0 rings (SSSR count). The smallest absolute Gasteiger partial charge is 0.472 e. The Bertz CT molecular complexity index is 905. The Morgan fingerprint density at radius 1 is 0.620 bits per heavy atom. The number of unbranched alkanes of at least 4 members (excludes halogenated alkanes) is 19. The Balaban J connectivity index is 4.17. The van der Waals surface area contributed by atoms with Crippen LogP contribution in [0.2, 0.25) is 0 Å². The molecular weight excluding hydrogens is 649 g/mol. The minimum Gasteiger partial charge on any atom is -0.492 e. The lowest BCUT2D eigenvalue weighted by Crippen LogP contribution is -2.25. The maximum Gasteiger partial charge on any atom is 0.472 e. The highest BCUT2D eigenvalue weighted by molar-refractivity contribution is 7.47. The summed E-state index contributed by atoms with van der Waals surface area (Å²) < 4.78 is 33.1. The molecule has 0 aromatic heterocycles. The number of nitrogens with two attached hydrogens (primary N) is 1. The largest absolute Gasteiger partial charge is 0.492 e. The van der Waals surface area contributed by atoms with Crippen LogP contribution in [0.25, 0.3) is 0 Å². The topological polar surface area (TPSA) is 117 Å². The molecule has 1 unspecified atom stereocenters. The van der Waals surface area contributed by atoms with Crippen molar-refractivity contribution in [3.05, 3.63) is 48.8 Å². The fourth-order valence-electron chi connectivity index (χ4n) is 5.24. The van der Waals surface area contributed by atoms with Gasteiger partial charge in [-0.2, -0.15) is 0 Å². The quantitative estimate of drug-likeness (QED) is 0.0212. The van der Waals surface area contributed by atoms with Crippen LogP contribution in [0.5, 0.6) is 0 Å². The second kappa shape index (κ2) is 38.5. The van der Waals surface area contributed by atoms with Crippen LogP contribution < -0.4 is 5.73 Å². The van der Waals surface area contributed by atoms with E-state index >= 15 is 0 Å². The molecule has 0 bridgehead atoms. The summed E-state index contributed by atoms with van der Waals surface area (Å²) in [5.74, 6) is -0.308. The molecule has 0 fully saturated rings. The summed E-state index contributed by atoms with van der Waals surface area (Å²) in [4.78, 5) is 22.2. The number of carbonyl (C=O) groups excluding carboxylic acids is 1. The first kappa shape index (κ1) is 48.3. The monoisotopic (exact) mass is 726 g/mol. The van der Waals surface area contributed by atoms with Crippen molar-refractivity contribution < 1.29 is 32.8 Å². The first-order chi connectivity index (χ1) is 24.4. The minimum atomic E-state index is -4.27. The second-order valence-electron chi connectivity index (χ2n) is 13.2. The first-order valence-electron chi connectivity index (χ1n) is 20.2. The average molecular weight is 726 g/mol. The summed E-state index contributed by atoms with van der Waals surface area (Å²) in [5, 5.41) is 0. The third-order valence-corrected chi connectivity index (χ3v) is 9.29. The van der Waals surface area contributed by atoms with Gasteiger partial charge in [-0.15, -0.1) is 0 Å². The van der Waals surface area contributed by atoms with Gasteiger partial charge in [0.25, 0.3) is 0 Å². The lowest BCUT2D eigenvalue weighted by Gasteiger charge is -2.19. The number of phosphoric ester groups is 1. The maximum absolute atomic E-state index is 12.4. The molecule has 0 aliphatic carbocycles. The zero-order valence-corrected chi connectivity index (χ0v) is 33.0. The van der Waals surface area contributed by atoms with Gasteiger partial charge in [0.05, 0.1) is 19.5 Å². The average Bonchev–Trinajstić information content (AvgIpc) is 3.11. The Kier molecular flexibility index (Phi) is 37.2. The van der Waals surface area contributed by atoms with Crippen molar-refractivity contribution in [2.24, 2.45) is 5.73 Å². The molecule has 0 aliphatic rings. The number of phosphoric acid groups is 1. The van der Waals surface area contributed by atoms with Crippen molar-refractivity contribution in [3.8, 4) is 0 Å². The van der Waals surface area contributed by atoms with Crippen LogP contribution >= 0.6 is 7.82 Å². The lowest BCUT2D eigenvalue weighted by atomic mass is 10.1. The molecular formula is C41H76NO7P. The zero-order chi connectivity index (χ0) is 36.6. The van der Waals surface area contributed by atoms with E-state index in [1.165, 1.54) is 83.5 Å². The standard InChI is InChI=1S/C41H76NO7P/c1-3-5-7-9-11-13-15-17-19-21-23-25-27-29-31-33-36-46-40(39-49-50(44,45)48-37-35-42)38-47-41(43)34-32-30-28-26-24-22-20-18-16-14-12-10-8-6-4-2/h12,14,17-20,33,36,40H,3-11,13,15-16,21-32,34-35,37-39,42H2,1-2H3,(H,44,45)/t40-/m1/s1. The Morgan fingerprint density at radius 2 is 1.08 bits per heavy atom. The molecule has 0 aliphatic heterocycles. The van der Waals surface area contributed by atoms with Gasteiger partial charge in [0, 0.05) is 13.0 Å². The molecule has 0 heterocycles. The number of hydrogen-bond donors (Lipinski definition) is 2. The number of hydrogen-bond acceptors (Lipinski definition) is 7. The molecule has 0 aromatic rings. The molecule has 2 atom stereocenters. The van der Waals surface area contributed by atoms with E-state index in [0.717, 1.165) is 70.6 Å². The summed E-state index contributed by atoms with van der Waals surface area (Å²) >= 11 is 0. The van der Waals surface area contributed by atoms with Crippen molar-refractivity contribution in [1.29, 1.82) is 0 Å². The van der Waals surface area contributed by atoms with Crippen LogP contribution in [0.1, 0.15) is 174 Å². The Hall–Kier alpha value is -1.70. The fraction of sp³-hybridized carbons (Fsp3) is 0.780. The summed E-state index contributed by atoms with van der Waals surface area (Å²) in [6, 6.07) is 0. The molecule has 0 aromatic carbocycles. The molecule has 0 saturated heterocycles. The van der Waals surface area contributed by atoms with Crippen molar-refractivity contribution >= 4 is 13.8 Å². The molecule has 0 saturated carbocycles.